The van der Waals surface area contributed by atoms with Gasteiger partial charge in [0.25, 0.3) is 0 Å². The van der Waals surface area contributed by atoms with Gasteiger partial charge in [0.15, 0.2) is 0 Å². The molecular weight excluding hydrogens is 306 g/mol. The number of benzene rings is 1. The van der Waals surface area contributed by atoms with Crippen LogP contribution in [-0.4, -0.2) is 18.6 Å². The average Bonchev–Trinajstić information content (AvgIpc) is 2.40. The molecule has 1 aromatic carbocycles. The summed E-state index contributed by atoms with van der Waals surface area (Å²) < 4.78 is 6.54. The molecule has 0 aliphatic heterocycles. The van der Waals surface area contributed by atoms with Crippen molar-refractivity contribution in [1.29, 1.82) is 0 Å². The fraction of sp³-hybridized carbons (Fsp3) is 0.533. The van der Waals surface area contributed by atoms with E-state index in [2.05, 4.69) is 21.2 Å². The Kier molecular flexibility index (Phi) is 5.70. The Balaban J connectivity index is 1.66. The van der Waals surface area contributed by atoms with Gasteiger partial charge in [-0.3, -0.25) is 4.79 Å². The van der Waals surface area contributed by atoms with E-state index >= 15 is 0 Å². The summed E-state index contributed by atoms with van der Waals surface area (Å²) in [6, 6.07) is 8.04. The smallest absolute Gasteiger partial charge is 0.223 e. The maximum atomic E-state index is 11.8. The highest BCUT2D eigenvalue weighted by Gasteiger charge is 2.15. The van der Waals surface area contributed by atoms with Crippen LogP contribution in [0.15, 0.2) is 28.7 Å². The zero-order chi connectivity index (χ0) is 13.5. The van der Waals surface area contributed by atoms with E-state index in [1.807, 2.05) is 24.3 Å². The van der Waals surface area contributed by atoms with Crippen molar-refractivity contribution in [3.63, 3.8) is 0 Å². The molecule has 3 nitrogen and oxygen atoms in total. The molecular formula is C15H20BrNO2. The lowest BCUT2D eigenvalue weighted by Gasteiger charge is -2.22. The van der Waals surface area contributed by atoms with Crippen LogP contribution in [0.25, 0.3) is 0 Å². The van der Waals surface area contributed by atoms with Crippen LogP contribution >= 0.6 is 15.9 Å². The van der Waals surface area contributed by atoms with Crippen molar-refractivity contribution in [3.8, 4) is 5.75 Å². The summed E-state index contributed by atoms with van der Waals surface area (Å²) in [5.41, 5.74) is 0. The molecule has 104 valence electrons. The van der Waals surface area contributed by atoms with Gasteiger partial charge in [-0.2, -0.15) is 0 Å². The molecule has 1 aromatic rings. The van der Waals surface area contributed by atoms with Crippen LogP contribution in [0.2, 0.25) is 0 Å². The van der Waals surface area contributed by atoms with Crippen LogP contribution in [0, 0.1) is 0 Å². The SMILES string of the molecule is O=C(CCOc1cccc(Br)c1)NC1CCCCC1. The van der Waals surface area contributed by atoms with E-state index in [-0.39, 0.29) is 5.91 Å². The first-order valence-corrected chi connectivity index (χ1v) is 7.71. The highest BCUT2D eigenvalue weighted by Crippen LogP contribution is 2.18. The van der Waals surface area contributed by atoms with Gasteiger partial charge in [-0.1, -0.05) is 41.3 Å². The van der Waals surface area contributed by atoms with Crippen LogP contribution in [0.1, 0.15) is 38.5 Å². The number of amides is 1. The Morgan fingerprint density at radius 3 is 2.84 bits per heavy atom. The molecule has 2 rings (SSSR count). The molecule has 19 heavy (non-hydrogen) atoms. The fourth-order valence-electron chi connectivity index (χ4n) is 2.37. The van der Waals surface area contributed by atoms with Crippen molar-refractivity contribution in [2.24, 2.45) is 0 Å². The van der Waals surface area contributed by atoms with Gasteiger partial charge < -0.3 is 10.1 Å². The number of carbonyl (C=O) groups is 1. The predicted molar refractivity (Wildman–Crippen MR) is 79.3 cm³/mol. The van der Waals surface area contributed by atoms with Gasteiger partial charge in [-0.15, -0.1) is 0 Å². The normalized spacial score (nSPS) is 16.1. The largest absolute Gasteiger partial charge is 0.493 e. The summed E-state index contributed by atoms with van der Waals surface area (Å²) >= 11 is 3.39. The van der Waals surface area contributed by atoms with Gasteiger partial charge in [-0.25, -0.2) is 0 Å². The summed E-state index contributed by atoms with van der Waals surface area (Å²) in [5, 5.41) is 3.09. The van der Waals surface area contributed by atoms with Crippen molar-refractivity contribution >= 4 is 21.8 Å². The maximum Gasteiger partial charge on any atom is 0.223 e. The molecule has 4 heteroatoms. The van der Waals surface area contributed by atoms with Crippen LogP contribution in [0.3, 0.4) is 0 Å². The second-order valence-electron chi connectivity index (χ2n) is 4.96. The average molecular weight is 326 g/mol. The quantitative estimate of drug-likeness (QED) is 0.897. The van der Waals surface area contributed by atoms with Crippen molar-refractivity contribution in [2.75, 3.05) is 6.61 Å². The topological polar surface area (TPSA) is 38.3 Å². The third-order valence-electron chi connectivity index (χ3n) is 3.36. The second-order valence-corrected chi connectivity index (χ2v) is 5.87. The minimum absolute atomic E-state index is 0.0990. The Labute approximate surface area is 122 Å². The van der Waals surface area contributed by atoms with E-state index in [4.69, 9.17) is 4.74 Å². The molecule has 0 saturated heterocycles. The molecule has 1 amide bonds. The van der Waals surface area contributed by atoms with Crippen LogP contribution < -0.4 is 10.1 Å². The number of hydrogen-bond donors (Lipinski definition) is 1. The van der Waals surface area contributed by atoms with Crippen molar-refractivity contribution in [1.82, 2.24) is 5.32 Å². The Bertz CT molecular complexity index is 416. The summed E-state index contributed by atoms with van der Waals surface area (Å²) in [5.74, 6) is 0.890. The number of halogens is 1. The molecule has 0 unspecified atom stereocenters. The summed E-state index contributed by atoms with van der Waals surface area (Å²) in [6.45, 7) is 0.426. The van der Waals surface area contributed by atoms with Crippen LogP contribution in [0.4, 0.5) is 0 Å². The summed E-state index contributed by atoms with van der Waals surface area (Å²) in [4.78, 5) is 11.8. The maximum absolute atomic E-state index is 11.8. The van der Waals surface area contributed by atoms with Gasteiger partial charge in [0, 0.05) is 10.5 Å². The minimum Gasteiger partial charge on any atom is -0.493 e. The molecule has 0 atom stereocenters. The monoisotopic (exact) mass is 325 g/mol. The molecule has 0 radical (unpaired) electrons. The number of rotatable bonds is 5. The standard InChI is InChI=1S/C15H20BrNO2/c16-12-5-4-8-14(11-12)19-10-9-15(18)17-13-6-2-1-3-7-13/h4-5,8,11,13H,1-3,6-7,9-10H2,(H,17,18). The molecule has 1 N–H and O–H groups in total. The lowest BCUT2D eigenvalue weighted by atomic mass is 9.95. The molecule has 1 aliphatic rings. The van der Waals surface area contributed by atoms with Crippen LogP contribution in [0.5, 0.6) is 5.75 Å². The van der Waals surface area contributed by atoms with E-state index < -0.39 is 0 Å². The lowest BCUT2D eigenvalue weighted by Crippen LogP contribution is -2.36. The second kappa shape index (κ2) is 7.53. The number of hydrogen-bond acceptors (Lipinski definition) is 2. The van der Waals surface area contributed by atoms with Gasteiger partial charge >= 0.3 is 0 Å². The molecule has 0 bridgehead atoms. The Morgan fingerprint density at radius 2 is 2.11 bits per heavy atom. The molecule has 1 saturated carbocycles. The fourth-order valence-corrected chi connectivity index (χ4v) is 2.74. The number of carbonyl (C=O) groups excluding carboxylic acids is 1. The van der Waals surface area contributed by atoms with Crippen molar-refractivity contribution in [2.45, 2.75) is 44.6 Å². The van der Waals surface area contributed by atoms with E-state index in [1.54, 1.807) is 0 Å². The lowest BCUT2D eigenvalue weighted by molar-refractivity contribution is -0.122. The summed E-state index contributed by atoms with van der Waals surface area (Å²) in [6.07, 6.45) is 6.44. The van der Waals surface area contributed by atoms with E-state index in [0.29, 0.717) is 19.1 Å². The van der Waals surface area contributed by atoms with Gasteiger partial charge in [0.05, 0.1) is 13.0 Å². The van der Waals surface area contributed by atoms with Crippen molar-refractivity contribution in [3.05, 3.63) is 28.7 Å². The molecule has 1 aliphatic carbocycles. The molecule has 1 fully saturated rings. The van der Waals surface area contributed by atoms with E-state index in [9.17, 15) is 4.79 Å². The molecule has 0 heterocycles. The van der Waals surface area contributed by atoms with Gasteiger partial charge in [0.1, 0.15) is 5.75 Å². The van der Waals surface area contributed by atoms with E-state index in [0.717, 1.165) is 23.1 Å². The summed E-state index contributed by atoms with van der Waals surface area (Å²) in [7, 11) is 0. The minimum atomic E-state index is 0.0990. The third kappa shape index (κ3) is 5.23. The molecule has 0 aromatic heterocycles. The zero-order valence-electron chi connectivity index (χ0n) is 11.0. The number of ether oxygens (including phenoxy) is 1. The Hall–Kier alpha value is -1.03. The predicted octanol–water partition coefficient (Wildman–Crippen LogP) is 3.67. The first-order valence-electron chi connectivity index (χ1n) is 6.92. The highest BCUT2D eigenvalue weighted by molar-refractivity contribution is 9.10. The first kappa shape index (κ1) is 14.4. The van der Waals surface area contributed by atoms with E-state index in [1.165, 1.54) is 19.3 Å². The molecule has 0 spiro atoms. The third-order valence-corrected chi connectivity index (χ3v) is 3.86. The zero-order valence-corrected chi connectivity index (χ0v) is 12.6. The van der Waals surface area contributed by atoms with Gasteiger partial charge in [0.2, 0.25) is 5.91 Å². The van der Waals surface area contributed by atoms with Crippen LogP contribution in [-0.2, 0) is 4.79 Å². The number of nitrogens with one attached hydrogen (secondary N) is 1. The highest BCUT2D eigenvalue weighted by atomic mass is 79.9. The first-order chi connectivity index (χ1) is 9.24. The van der Waals surface area contributed by atoms with Gasteiger partial charge in [-0.05, 0) is 31.0 Å². The van der Waals surface area contributed by atoms with Crippen molar-refractivity contribution < 1.29 is 9.53 Å². The Morgan fingerprint density at radius 1 is 1.32 bits per heavy atom.